The van der Waals surface area contributed by atoms with Crippen LogP contribution in [0.4, 0.5) is 0 Å². The SMILES string of the molecule is C=C(C(N)=O)C1CCCC1. The van der Waals surface area contributed by atoms with E-state index in [4.69, 9.17) is 5.73 Å². The minimum absolute atomic E-state index is 0.327. The zero-order chi connectivity index (χ0) is 7.56. The first-order valence-electron chi connectivity index (χ1n) is 3.70. The van der Waals surface area contributed by atoms with E-state index in [9.17, 15) is 4.79 Å². The van der Waals surface area contributed by atoms with E-state index < -0.39 is 0 Å². The van der Waals surface area contributed by atoms with E-state index in [0.29, 0.717) is 11.5 Å². The number of carbonyl (C=O) groups excluding carboxylic acids is 1. The van der Waals surface area contributed by atoms with Gasteiger partial charge >= 0.3 is 0 Å². The highest BCUT2D eigenvalue weighted by atomic mass is 16.1. The molecule has 1 aliphatic rings. The fourth-order valence-electron chi connectivity index (χ4n) is 1.48. The maximum atomic E-state index is 10.6. The molecule has 1 aliphatic carbocycles. The minimum Gasteiger partial charge on any atom is -0.366 e. The second-order valence-corrected chi connectivity index (χ2v) is 2.87. The topological polar surface area (TPSA) is 43.1 Å². The Morgan fingerprint density at radius 1 is 1.40 bits per heavy atom. The standard InChI is InChI=1S/C8H13NO/c1-6(8(9)10)7-4-2-3-5-7/h7H,1-5H2,(H2,9,10). The van der Waals surface area contributed by atoms with Gasteiger partial charge in [0, 0.05) is 5.57 Å². The molecule has 0 aromatic carbocycles. The van der Waals surface area contributed by atoms with E-state index in [2.05, 4.69) is 6.58 Å². The first-order valence-corrected chi connectivity index (χ1v) is 3.70. The summed E-state index contributed by atoms with van der Waals surface area (Å²) in [4.78, 5) is 10.6. The highest BCUT2D eigenvalue weighted by Crippen LogP contribution is 2.29. The van der Waals surface area contributed by atoms with Crippen molar-refractivity contribution >= 4 is 5.91 Å². The van der Waals surface area contributed by atoms with Crippen molar-refractivity contribution in [2.45, 2.75) is 25.7 Å². The molecule has 0 saturated heterocycles. The lowest BCUT2D eigenvalue weighted by Gasteiger charge is -2.07. The second-order valence-electron chi connectivity index (χ2n) is 2.87. The van der Waals surface area contributed by atoms with Crippen molar-refractivity contribution in [2.24, 2.45) is 11.7 Å². The van der Waals surface area contributed by atoms with Gasteiger partial charge in [-0.15, -0.1) is 0 Å². The number of hydrogen-bond acceptors (Lipinski definition) is 1. The normalized spacial score (nSPS) is 19.2. The van der Waals surface area contributed by atoms with Crippen LogP contribution in [0.2, 0.25) is 0 Å². The Morgan fingerprint density at radius 3 is 2.30 bits per heavy atom. The predicted octanol–water partition coefficient (Wildman–Crippen LogP) is 1.22. The van der Waals surface area contributed by atoms with Crippen molar-refractivity contribution in [3.8, 4) is 0 Å². The van der Waals surface area contributed by atoms with E-state index in [1.807, 2.05) is 0 Å². The van der Waals surface area contributed by atoms with E-state index in [0.717, 1.165) is 12.8 Å². The molecule has 0 radical (unpaired) electrons. The first kappa shape index (κ1) is 7.32. The van der Waals surface area contributed by atoms with Crippen molar-refractivity contribution in [3.05, 3.63) is 12.2 Å². The third-order valence-electron chi connectivity index (χ3n) is 2.16. The Kier molecular flexibility index (Phi) is 2.10. The fourth-order valence-corrected chi connectivity index (χ4v) is 1.48. The zero-order valence-corrected chi connectivity index (χ0v) is 6.10. The van der Waals surface area contributed by atoms with Crippen LogP contribution in [0.1, 0.15) is 25.7 Å². The van der Waals surface area contributed by atoms with Gasteiger partial charge in [-0.3, -0.25) is 4.79 Å². The van der Waals surface area contributed by atoms with Gasteiger partial charge in [-0.1, -0.05) is 19.4 Å². The molecule has 1 fully saturated rings. The van der Waals surface area contributed by atoms with Crippen molar-refractivity contribution < 1.29 is 4.79 Å². The Balaban J connectivity index is 2.48. The molecule has 2 N–H and O–H groups in total. The van der Waals surface area contributed by atoms with Gasteiger partial charge < -0.3 is 5.73 Å². The van der Waals surface area contributed by atoms with Crippen LogP contribution < -0.4 is 5.73 Å². The maximum absolute atomic E-state index is 10.6. The summed E-state index contributed by atoms with van der Waals surface area (Å²) < 4.78 is 0. The number of amides is 1. The van der Waals surface area contributed by atoms with Crippen LogP contribution in [0.15, 0.2) is 12.2 Å². The van der Waals surface area contributed by atoms with E-state index in [-0.39, 0.29) is 5.91 Å². The molecule has 10 heavy (non-hydrogen) atoms. The number of carbonyl (C=O) groups is 1. The average Bonchev–Trinajstić information content (AvgIpc) is 2.36. The molecule has 1 amide bonds. The third-order valence-corrected chi connectivity index (χ3v) is 2.16. The molecule has 1 saturated carbocycles. The van der Waals surface area contributed by atoms with Crippen LogP contribution in [-0.4, -0.2) is 5.91 Å². The summed E-state index contributed by atoms with van der Waals surface area (Å²) in [5.74, 6) is 0.0596. The summed E-state index contributed by atoms with van der Waals surface area (Å²) in [6.07, 6.45) is 4.64. The molecule has 0 spiro atoms. The minimum atomic E-state index is -0.327. The molecule has 2 nitrogen and oxygen atoms in total. The molecule has 0 unspecified atom stereocenters. The maximum Gasteiger partial charge on any atom is 0.244 e. The highest BCUT2D eigenvalue weighted by Gasteiger charge is 2.20. The summed E-state index contributed by atoms with van der Waals surface area (Å²) in [6, 6.07) is 0. The monoisotopic (exact) mass is 139 g/mol. The Morgan fingerprint density at radius 2 is 1.90 bits per heavy atom. The van der Waals surface area contributed by atoms with E-state index in [1.54, 1.807) is 0 Å². The largest absolute Gasteiger partial charge is 0.366 e. The predicted molar refractivity (Wildman–Crippen MR) is 40.3 cm³/mol. The summed E-state index contributed by atoms with van der Waals surface area (Å²) in [5, 5.41) is 0. The molecule has 0 heterocycles. The first-order chi connectivity index (χ1) is 4.72. The van der Waals surface area contributed by atoms with Gasteiger partial charge in [0.1, 0.15) is 0 Å². The molecule has 56 valence electrons. The van der Waals surface area contributed by atoms with Crippen LogP contribution in [0.3, 0.4) is 0 Å². The number of nitrogens with two attached hydrogens (primary N) is 1. The second kappa shape index (κ2) is 2.86. The van der Waals surface area contributed by atoms with Crippen LogP contribution in [0.5, 0.6) is 0 Å². The Labute approximate surface area is 61.1 Å². The molecular formula is C8H13NO. The van der Waals surface area contributed by atoms with Gasteiger partial charge in [-0.25, -0.2) is 0 Å². The molecule has 0 aromatic heterocycles. The average molecular weight is 139 g/mol. The van der Waals surface area contributed by atoms with Gasteiger partial charge in [0.2, 0.25) is 5.91 Å². The van der Waals surface area contributed by atoms with Crippen molar-refractivity contribution in [3.63, 3.8) is 0 Å². The molecule has 2 heteroatoms. The van der Waals surface area contributed by atoms with Gasteiger partial charge in [0.25, 0.3) is 0 Å². The van der Waals surface area contributed by atoms with Crippen LogP contribution in [-0.2, 0) is 4.79 Å². The number of primary amides is 1. The van der Waals surface area contributed by atoms with E-state index in [1.165, 1.54) is 12.8 Å². The zero-order valence-electron chi connectivity index (χ0n) is 6.10. The Bertz CT molecular complexity index is 157. The number of rotatable bonds is 2. The lowest BCUT2D eigenvalue weighted by atomic mass is 9.99. The quantitative estimate of drug-likeness (QED) is 0.574. The van der Waals surface area contributed by atoms with Crippen molar-refractivity contribution in [2.75, 3.05) is 0 Å². The lowest BCUT2D eigenvalue weighted by molar-refractivity contribution is -0.115. The summed E-state index contributed by atoms with van der Waals surface area (Å²) in [7, 11) is 0. The van der Waals surface area contributed by atoms with Gasteiger partial charge in [0.15, 0.2) is 0 Å². The van der Waals surface area contributed by atoms with Gasteiger partial charge in [-0.05, 0) is 18.8 Å². The molecule has 0 atom stereocenters. The molecule has 1 rings (SSSR count). The van der Waals surface area contributed by atoms with Crippen LogP contribution in [0.25, 0.3) is 0 Å². The van der Waals surface area contributed by atoms with Crippen molar-refractivity contribution in [1.29, 1.82) is 0 Å². The summed E-state index contributed by atoms with van der Waals surface area (Å²) in [6.45, 7) is 3.66. The summed E-state index contributed by atoms with van der Waals surface area (Å²) in [5.41, 5.74) is 5.70. The lowest BCUT2D eigenvalue weighted by Crippen LogP contribution is -2.17. The fraction of sp³-hybridized carbons (Fsp3) is 0.625. The van der Waals surface area contributed by atoms with Gasteiger partial charge in [0.05, 0.1) is 0 Å². The third kappa shape index (κ3) is 1.38. The number of hydrogen-bond donors (Lipinski definition) is 1. The van der Waals surface area contributed by atoms with E-state index >= 15 is 0 Å². The molecule has 0 aromatic rings. The highest BCUT2D eigenvalue weighted by molar-refractivity contribution is 5.91. The van der Waals surface area contributed by atoms with Crippen LogP contribution >= 0.6 is 0 Å². The van der Waals surface area contributed by atoms with Crippen molar-refractivity contribution in [1.82, 2.24) is 0 Å². The smallest absolute Gasteiger partial charge is 0.244 e. The van der Waals surface area contributed by atoms with Crippen LogP contribution in [0, 0.1) is 5.92 Å². The molecule has 0 aliphatic heterocycles. The molecule has 0 bridgehead atoms. The molecular weight excluding hydrogens is 126 g/mol. The summed E-state index contributed by atoms with van der Waals surface area (Å²) >= 11 is 0. The van der Waals surface area contributed by atoms with Gasteiger partial charge in [-0.2, -0.15) is 0 Å². The Hall–Kier alpha value is -0.790.